The quantitative estimate of drug-likeness (QED) is 0.880. The Balaban J connectivity index is 2.49. The first-order valence-corrected chi connectivity index (χ1v) is 5.62. The monoisotopic (exact) mass is 289 g/mol. The molecule has 20 heavy (non-hydrogen) atoms. The lowest BCUT2D eigenvalue weighted by Gasteiger charge is -2.13. The van der Waals surface area contributed by atoms with Crippen LogP contribution in [0.3, 0.4) is 0 Å². The molecule has 0 bridgehead atoms. The van der Waals surface area contributed by atoms with Crippen molar-refractivity contribution in [3.05, 3.63) is 24.3 Å². The molecule has 0 unspecified atom stereocenters. The van der Waals surface area contributed by atoms with Gasteiger partial charge in [0.1, 0.15) is 0 Å². The van der Waals surface area contributed by atoms with E-state index < -0.39 is 24.5 Å². The van der Waals surface area contributed by atoms with Gasteiger partial charge >= 0.3 is 12.1 Å². The summed E-state index contributed by atoms with van der Waals surface area (Å²) in [7, 11) is 3.69. The van der Waals surface area contributed by atoms with Crippen molar-refractivity contribution in [1.29, 1.82) is 0 Å². The molecule has 110 valence electrons. The predicted octanol–water partition coefficient (Wildman–Crippen LogP) is 1.37. The molecule has 0 heterocycles. The minimum Gasteiger partial charge on any atom is -0.378 e. The molecule has 2 amide bonds. The van der Waals surface area contributed by atoms with Gasteiger partial charge in [0.2, 0.25) is 5.91 Å². The topological polar surface area (TPSA) is 61.4 Å². The lowest BCUT2D eigenvalue weighted by atomic mass is 10.2. The van der Waals surface area contributed by atoms with Crippen molar-refractivity contribution in [2.24, 2.45) is 0 Å². The molecule has 1 aromatic carbocycles. The predicted molar refractivity (Wildman–Crippen MR) is 68.5 cm³/mol. The fraction of sp³-hybridized carbons (Fsp3) is 0.333. The summed E-state index contributed by atoms with van der Waals surface area (Å²) in [6, 6.07) is 6.70. The van der Waals surface area contributed by atoms with Gasteiger partial charge in [-0.05, 0) is 24.3 Å². The van der Waals surface area contributed by atoms with E-state index in [-0.39, 0.29) is 0 Å². The molecule has 0 saturated heterocycles. The van der Waals surface area contributed by atoms with Crippen LogP contribution in [0.1, 0.15) is 0 Å². The molecular weight excluding hydrogens is 275 g/mol. The third-order valence-corrected chi connectivity index (χ3v) is 2.33. The van der Waals surface area contributed by atoms with Crippen LogP contribution in [0.25, 0.3) is 0 Å². The summed E-state index contributed by atoms with van der Waals surface area (Å²) in [5, 5.41) is 3.86. The fourth-order valence-corrected chi connectivity index (χ4v) is 1.31. The van der Waals surface area contributed by atoms with Crippen LogP contribution in [0.2, 0.25) is 0 Å². The van der Waals surface area contributed by atoms with E-state index in [2.05, 4.69) is 5.32 Å². The van der Waals surface area contributed by atoms with Crippen LogP contribution in [0.5, 0.6) is 0 Å². The van der Waals surface area contributed by atoms with Crippen LogP contribution in [0.4, 0.5) is 24.5 Å². The Morgan fingerprint density at radius 2 is 1.70 bits per heavy atom. The molecule has 5 nitrogen and oxygen atoms in total. The Kier molecular flexibility index (Phi) is 4.95. The summed E-state index contributed by atoms with van der Waals surface area (Å²) < 4.78 is 35.7. The Morgan fingerprint density at radius 3 is 2.15 bits per heavy atom. The zero-order valence-electron chi connectivity index (χ0n) is 10.9. The summed E-state index contributed by atoms with van der Waals surface area (Å²) >= 11 is 0. The Bertz CT molecular complexity index is 484. The fourth-order valence-electron chi connectivity index (χ4n) is 1.31. The average Bonchev–Trinajstić information content (AvgIpc) is 2.35. The minimum absolute atomic E-state index is 0.432. The summed E-state index contributed by atoms with van der Waals surface area (Å²) in [5.74, 6) is -2.88. The van der Waals surface area contributed by atoms with Crippen molar-refractivity contribution in [2.45, 2.75) is 6.18 Å². The number of carbonyl (C=O) groups is 2. The average molecular weight is 289 g/mol. The normalized spacial score (nSPS) is 10.8. The van der Waals surface area contributed by atoms with E-state index in [1.807, 2.05) is 19.0 Å². The molecule has 8 heteroatoms. The van der Waals surface area contributed by atoms with Gasteiger partial charge in [0, 0.05) is 25.5 Å². The van der Waals surface area contributed by atoms with Gasteiger partial charge in [-0.2, -0.15) is 13.2 Å². The molecular formula is C12H14F3N3O2. The zero-order valence-corrected chi connectivity index (χ0v) is 10.9. The molecule has 0 aliphatic carbocycles. The molecule has 2 N–H and O–H groups in total. The number of anilines is 2. The van der Waals surface area contributed by atoms with Crippen molar-refractivity contribution < 1.29 is 22.8 Å². The molecule has 0 saturated carbocycles. The number of benzene rings is 1. The van der Waals surface area contributed by atoms with E-state index in [0.29, 0.717) is 5.69 Å². The van der Waals surface area contributed by atoms with Gasteiger partial charge in [0.15, 0.2) is 0 Å². The zero-order chi connectivity index (χ0) is 15.3. The summed E-state index contributed by atoms with van der Waals surface area (Å²) in [6.07, 6.45) is -4.99. The largest absolute Gasteiger partial charge is 0.471 e. The Labute approximate surface area is 113 Å². The number of nitrogens with one attached hydrogen (secondary N) is 2. The third-order valence-electron chi connectivity index (χ3n) is 2.33. The first-order valence-electron chi connectivity index (χ1n) is 5.62. The smallest absolute Gasteiger partial charge is 0.378 e. The highest BCUT2D eigenvalue weighted by Gasteiger charge is 2.38. The van der Waals surface area contributed by atoms with Crippen LogP contribution in [0.15, 0.2) is 24.3 Å². The summed E-state index contributed by atoms with van der Waals surface area (Å²) in [5.41, 5.74) is 1.34. The number of hydrogen-bond acceptors (Lipinski definition) is 3. The van der Waals surface area contributed by atoms with Crippen molar-refractivity contribution in [3.8, 4) is 0 Å². The molecule has 1 aromatic rings. The van der Waals surface area contributed by atoms with Crippen molar-refractivity contribution >= 4 is 23.2 Å². The number of hydrogen-bond donors (Lipinski definition) is 2. The third kappa shape index (κ3) is 4.79. The van der Waals surface area contributed by atoms with E-state index in [4.69, 9.17) is 0 Å². The first-order chi connectivity index (χ1) is 9.20. The highest BCUT2D eigenvalue weighted by atomic mass is 19.4. The molecule has 0 spiro atoms. The summed E-state index contributed by atoms with van der Waals surface area (Å²) in [6.45, 7) is -0.742. The Morgan fingerprint density at radius 1 is 1.15 bits per heavy atom. The molecule has 0 radical (unpaired) electrons. The van der Waals surface area contributed by atoms with Gasteiger partial charge < -0.3 is 15.5 Å². The van der Waals surface area contributed by atoms with Gasteiger partial charge in [-0.25, -0.2) is 0 Å². The maximum Gasteiger partial charge on any atom is 0.471 e. The minimum atomic E-state index is -4.99. The molecule has 0 aliphatic heterocycles. The second kappa shape index (κ2) is 6.27. The standard InChI is InChI=1S/C12H14F3N3O2/c1-18(2)9-5-3-8(4-6-9)17-10(19)7-16-11(20)12(13,14)15/h3-6H,7H2,1-2H3,(H,16,20)(H,17,19). The molecule has 0 atom stereocenters. The van der Waals surface area contributed by atoms with E-state index in [0.717, 1.165) is 5.69 Å². The maximum absolute atomic E-state index is 11.9. The lowest BCUT2D eigenvalue weighted by molar-refractivity contribution is -0.173. The van der Waals surface area contributed by atoms with Crippen LogP contribution in [-0.2, 0) is 9.59 Å². The molecule has 0 aliphatic rings. The van der Waals surface area contributed by atoms with Gasteiger partial charge in [0.05, 0.1) is 6.54 Å². The summed E-state index contributed by atoms with van der Waals surface area (Å²) in [4.78, 5) is 23.7. The number of carbonyl (C=O) groups excluding carboxylic acids is 2. The highest BCUT2D eigenvalue weighted by Crippen LogP contribution is 2.16. The number of rotatable bonds is 4. The Hall–Kier alpha value is -2.25. The number of alkyl halides is 3. The first kappa shape index (κ1) is 15.8. The van der Waals surface area contributed by atoms with Crippen LogP contribution < -0.4 is 15.5 Å². The van der Waals surface area contributed by atoms with E-state index in [1.165, 1.54) is 5.32 Å². The van der Waals surface area contributed by atoms with Gasteiger partial charge in [0.25, 0.3) is 0 Å². The lowest BCUT2D eigenvalue weighted by Crippen LogP contribution is -2.41. The van der Waals surface area contributed by atoms with Crippen LogP contribution >= 0.6 is 0 Å². The van der Waals surface area contributed by atoms with Gasteiger partial charge in [-0.15, -0.1) is 0 Å². The SMILES string of the molecule is CN(C)c1ccc(NC(=O)CNC(=O)C(F)(F)F)cc1. The van der Waals surface area contributed by atoms with E-state index >= 15 is 0 Å². The number of halogens is 3. The number of amides is 2. The van der Waals surface area contributed by atoms with Crippen LogP contribution in [-0.4, -0.2) is 38.6 Å². The molecule has 0 aromatic heterocycles. The number of nitrogens with zero attached hydrogens (tertiary/aromatic N) is 1. The van der Waals surface area contributed by atoms with Gasteiger partial charge in [-0.1, -0.05) is 0 Å². The second-order valence-corrected chi connectivity index (χ2v) is 4.17. The van der Waals surface area contributed by atoms with Crippen molar-refractivity contribution in [2.75, 3.05) is 30.9 Å². The van der Waals surface area contributed by atoms with Gasteiger partial charge in [-0.3, -0.25) is 9.59 Å². The van der Waals surface area contributed by atoms with E-state index in [9.17, 15) is 22.8 Å². The molecule has 0 fully saturated rings. The molecule has 1 rings (SSSR count). The van der Waals surface area contributed by atoms with Crippen LogP contribution in [0, 0.1) is 0 Å². The van der Waals surface area contributed by atoms with E-state index in [1.54, 1.807) is 24.3 Å². The van der Waals surface area contributed by atoms with Crippen molar-refractivity contribution in [1.82, 2.24) is 5.32 Å². The highest BCUT2D eigenvalue weighted by molar-refractivity contribution is 5.95. The second-order valence-electron chi connectivity index (χ2n) is 4.17. The maximum atomic E-state index is 11.9. The van der Waals surface area contributed by atoms with Crippen molar-refractivity contribution in [3.63, 3.8) is 0 Å².